The zero-order valence-corrected chi connectivity index (χ0v) is 16.9. The number of ether oxygens (including phenoxy) is 1. The molecule has 0 fully saturated rings. The van der Waals surface area contributed by atoms with Gasteiger partial charge in [0.25, 0.3) is 5.91 Å². The number of carbonyl (C=O) groups excluding carboxylic acids is 2. The van der Waals surface area contributed by atoms with Crippen LogP contribution in [0.3, 0.4) is 0 Å². The summed E-state index contributed by atoms with van der Waals surface area (Å²) in [4.78, 5) is 25.3. The molecule has 3 rings (SSSR count). The van der Waals surface area contributed by atoms with Crippen molar-refractivity contribution in [1.29, 1.82) is 0 Å². The maximum Gasteiger partial charge on any atom is 0.326 e. The van der Waals surface area contributed by atoms with Crippen molar-refractivity contribution in [3.8, 4) is 0 Å². The number of benzene rings is 2. The molecule has 1 heterocycles. The van der Waals surface area contributed by atoms with E-state index < -0.39 is 5.54 Å². The summed E-state index contributed by atoms with van der Waals surface area (Å²) in [6, 6.07) is 19.5. The molecule has 0 saturated carbocycles. The first kappa shape index (κ1) is 20.7. The van der Waals surface area contributed by atoms with Crippen LogP contribution in [-0.4, -0.2) is 47.8 Å². The second-order valence-corrected chi connectivity index (χ2v) is 7.25. The Labute approximate surface area is 171 Å². The van der Waals surface area contributed by atoms with E-state index in [0.29, 0.717) is 13.0 Å². The van der Waals surface area contributed by atoms with Crippen LogP contribution in [0, 0.1) is 0 Å². The maximum atomic E-state index is 12.7. The van der Waals surface area contributed by atoms with Crippen LogP contribution in [0.25, 0.3) is 0 Å². The second-order valence-electron chi connectivity index (χ2n) is 7.25. The number of hydrogen-bond acceptors (Lipinski definition) is 5. The van der Waals surface area contributed by atoms with Gasteiger partial charge in [-0.25, -0.2) is 5.01 Å². The van der Waals surface area contributed by atoms with Gasteiger partial charge in [-0.15, -0.1) is 0 Å². The highest BCUT2D eigenvalue weighted by Crippen LogP contribution is 2.17. The standard InChI is InChI=1S/C23H27N3O3/c1-3-29-22(28)23(2,16-18-10-6-4-7-11-18)24-17-21(27)26-15-14-20(25-26)19-12-8-5-9-13-19/h4-13,24H,3,14-17H2,1-2H3. The van der Waals surface area contributed by atoms with Crippen LogP contribution in [0.15, 0.2) is 65.8 Å². The van der Waals surface area contributed by atoms with Gasteiger partial charge in [0.05, 0.1) is 25.4 Å². The Hall–Kier alpha value is -2.99. The lowest BCUT2D eigenvalue weighted by molar-refractivity contribution is -0.150. The molecule has 0 saturated heterocycles. The van der Waals surface area contributed by atoms with Gasteiger partial charge in [0.15, 0.2) is 0 Å². The van der Waals surface area contributed by atoms with E-state index in [0.717, 1.165) is 23.3 Å². The van der Waals surface area contributed by atoms with Crippen molar-refractivity contribution >= 4 is 17.6 Å². The van der Waals surface area contributed by atoms with Gasteiger partial charge in [0.2, 0.25) is 0 Å². The van der Waals surface area contributed by atoms with Gasteiger partial charge in [-0.1, -0.05) is 60.7 Å². The Kier molecular flexibility index (Phi) is 6.77. The zero-order chi connectivity index (χ0) is 20.7. The summed E-state index contributed by atoms with van der Waals surface area (Å²) in [6.07, 6.45) is 1.15. The molecule has 1 amide bonds. The largest absolute Gasteiger partial charge is 0.465 e. The van der Waals surface area contributed by atoms with Gasteiger partial charge in [-0.05, 0) is 25.0 Å². The van der Waals surface area contributed by atoms with Crippen LogP contribution >= 0.6 is 0 Å². The third kappa shape index (κ3) is 5.29. The van der Waals surface area contributed by atoms with Crippen LogP contribution < -0.4 is 5.32 Å². The third-order valence-electron chi connectivity index (χ3n) is 4.95. The molecule has 152 valence electrons. The van der Waals surface area contributed by atoms with E-state index in [1.54, 1.807) is 13.8 Å². The highest BCUT2D eigenvalue weighted by molar-refractivity contribution is 6.02. The first-order valence-corrected chi connectivity index (χ1v) is 9.91. The monoisotopic (exact) mass is 393 g/mol. The summed E-state index contributed by atoms with van der Waals surface area (Å²) in [6.45, 7) is 4.38. The molecule has 1 aliphatic rings. The van der Waals surface area contributed by atoms with Crippen LogP contribution in [0.2, 0.25) is 0 Å². The van der Waals surface area contributed by atoms with E-state index in [1.807, 2.05) is 60.7 Å². The first-order valence-electron chi connectivity index (χ1n) is 9.91. The van der Waals surface area contributed by atoms with Gasteiger partial charge < -0.3 is 4.74 Å². The van der Waals surface area contributed by atoms with Crippen LogP contribution in [-0.2, 0) is 20.7 Å². The van der Waals surface area contributed by atoms with E-state index in [-0.39, 0.29) is 25.0 Å². The number of hydrazone groups is 1. The fourth-order valence-corrected chi connectivity index (χ4v) is 3.33. The number of amides is 1. The SMILES string of the molecule is CCOC(=O)C(C)(Cc1ccccc1)NCC(=O)N1CCC(c2ccccc2)=N1. The lowest BCUT2D eigenvalue weighted by Gasteiger charge is -2.29. The minimum absolute atomic E-state index is 0.00766. The van der Waals surface area contributed by atoms with Gasteiger partial charge in [0.1, 0.15) is 5.54 Å². The number of nitrogens with zero attached hydrogens (tertiary/aromatic N) is 2. The molecule has 0 aromatic heterocycles. The van der Waals surface area contributed by atoms with Gasteiger partial charge in [0, 0.05) is 12.8 Å². The van der Waals surface area contributed by atoms with Crippen molar-refractivity contribution in [2.75, 3.05) is 19.7 Å². The fraction of sp³-hybridized carbons (Fsp3) is 0.348. The van der Waals surface area contributed by atoms with Crippen molar-refractivity contribution in [1.82, 2.24) is 10.3 Å². The summed E-state index contributed by atoms with van der Waals surface area (Å²) in [5, 5.41) is 9.07. The van der Waals surface area contributed by atoms with Crippen molar-refractivity contribution in [2.45, 2.75) is 32.2 Å². The molecule has 2 aromatic carbocycles. The van der Waals surface area contributed by atoms with Crippen molar-refractivity contribution in [3.05, 3.63) is 71.8 Å². The highest BCUT2D eigenvalue weighted by Gasteiger charge is 2.36. The van der Waals surface area contributed by atoms with Gasteiger partial charge >= 0.3 is 5.97 Å². The molecule has 1 N–H and O–H groups in total. The van der Waals surface area contributed by atoms with Crippen molar-refractivity contribution in [3.63, 3.8) is 0 Å². The maximum absolute atomic E-state index is 12.7. The smallest absolute Gasteiger partial charge is 0.326 e. The summed E-state index contributed by atoms with van der Waals surface area (Å²) < 4.78 is 5.26. The number of hydrogen-bond donors (Lipinski definition) is 1. The third-order valence-corrected chi connectivity index (χ3v) is 4.95. The second kappa shape index (κ2) is 9.47. The molecule has 1 atom stereocenters. The minimum atomic E-state index is -1.00. The molecule has 6 nitrogen and oxygen atoms in total. The first-order chi connectivity index (χ1) is 14.0. The number of esters is 1. The molecule has 6 heteroatoms. The lowest BCUT2D eigenvalue weighted by Crippen LogP contribution is -2.54. The molecule has 2 aromatic rings. The Balaban J connectivity index is 1.66. The normalized spacial score (nSPS) is 15.5. The predicted octanol–water partition coefficient (Wildman–Crippen LogP) is 2.78. The summed E-state index contributed by atoms with van der Waals surface area (Å²) in [7, 11) is 0. The molecule has 0 spiro atoms. The van der Waals surface area contributed by atoms with E-state index >= 15 is 0 Å². The fourth-order valence-electron chi connectivity index (χ4n) is 3.33. The Morgan fingerprint density at radius 2 is 1.76 bits per heavy atom. The molecule has 29 heavy (non-hydrogen) atoms. The molecule has 0 bridgehead atoms. The van der Waals surface area contributed by atoms with Crippen LogP contribution in [0.1, 0.15) is 31.4 Å². The molecule has 1 unspecified atom stereocenters. The van der Waals surface area contributed by atoms with Crippen LogP contribution in [0.4, 0.5) is 0 Å². The van der Waals surface area contributed by atoms with E-state index in [9.17, 15) is 9.59 Å². The average Bonchev–Trinajstić information content (AvgIpc) is 3.24. The highest BCUT2D eigenvalue weighted by atomic mass is 16.5. The zero-order valence-electron chi connectivity index (χ0n) is 16.9. The van der Waals surface area contributed by atoms with Crippen molar-refractivity contribution < 1.29 is 14.3 Å². The topological polar surface area (TPSA) is 71.0 Å². The molecular formula is C23H27N3O3. The summed E-state index contributed by atoms with van der Waals surface area (Å²) in [5.74, 6) is -0.536. The van der Waals surface area contributed by atoms with Gasteiger partial charge in [-0.2, -0.15) is 5.10 Å². The van der Waals surface area contributed by atoms with Crippen LogP contribution in [0.5, 0.6) is 0 Å². The number of nitrogens with one attached hydrogen (secondary N) is 1. The Morgan fingerprint density at radius 3 is 2.41 bits per heavy atom. The molecule has 0 radical (unpaired) electrons. The molecule has 1 aliphatic heterocycles. The Bertz CT molecular complexity index is 867. The average molecular weight is 393 g/mol. The summed E-state index contributed by atoms with van der Waals surface area (Å²) in [5.41, 5.74) is 1.92. The number of rotatable bonds is 8. The predicted molar refractivity (Wildman–Crippen MR) is 112 cm³/mol. The molecular weight excluding hydrogens is 366 g/mol. The van der Waals surface area contributed by atoms with E-state index in [1.165, 1.54) is 5.01 Å². The van der Waals surface area contributed by atoms with E-state index in [2.05, 4.69) is 10.4 Å². The van der Waals surface area contributed by atoms with Crippen molar-refractivity contribution in [2.24, 2.45) is 5.10 Å². The lowest BCUT2D eigenvalue weighted by atomic mass is 9.92. The van der Waals surface area contributed by atoms with Gasteiger partial charge in [-0.3, -0.25) is 14.9 Å². The summed E-state index contributed by atoms with van der Waals surface area (Å²) >= 11 is 0. The quantitative estimate of drug-likeness (QED) is 0.700. The number of carbonyl (C=O) groups is 2. The minimum Gasteiger partial charge on any atom is -0.465 e. The molecule has 0 aliphatic carbocycles. The van der Waals surface area contributed by atoms with E-state index in [4.69, 9.17) is 4.74 Å². The Morgan fingerprint density at radius 1 is 1.10 bits per heavy atom.